The van der Waals surface area contributed by atoms with Crippen LogP contribution < -0.4 is 16.2 Å². The summed E-state index contributed by atoms with van der Waals surface area (Å²) in [6.07, 6.45) is 1.15. The fourth-order valence-corrected chi connectivity index (χ4v) is 4.32. The first-order valence-electron chi connectivity index (χ1n) is 10.4. The summed E-state index contributed by atoms with van der Waals surface area (Å²) in [6, 6.07) is 18.0. The predicted molar refractivity (Wildman–Crippen MR) is 126 cm³/mol. The molecule has 5 rings (SSSR count). The molecule has 1 aliphatic heterocycles. The molecule has 0 saturated heterocycles. The molecule has 0 saturated carbocycles. The molecule has 0 fully saturated rings. The Kier molecular flexibility index (Phi) is 5.54. The van der Waals surface area contributed by atoms with E-state index in [4.69, 9.17) is 0 Å². The summed E-state index contributed by atoms with van der Waals surface area (Å²) in [5.74, 6) is -0.413. The Morgan fingerprint density at radius 2 is 1.91 bits per heavy atom. The fraction of sp³-hybridized carbons (Fsp3) is 0.125. The van der Waals surface area contributed by atoms with E-state index in [9.17, 15) is 14.4 Å². The van der Waals surface area contributed by atoms with Crippen LogP contribution >= 0.6 is 11.3 Å². The molecule has 0 aliphatic carbocycles. The number of nitrogens with one attached hydrogen (secondary N) is 2. The zero-order valence-corrected chi connectivity index (χ0v) is 18.3. The number of rotatable bonds is 5. The van der Waals surface area contributed by atoms with E-state index < -0.39 is 5.91 Å². The van der Waals surface area contributed by atoms with Crippen LogP contribution in [0.15, 0.2) is 70.8 Å². The lowest BCUT2D eigenvalue weighted by Crippen LogP contribution is -2.26. The van der Waals surface area contributed by atoms with Crippen LogP contribution in [-0.2, 0) is 17.8 Å². The molecule has 2 aromatic carbocycles. The Labute approximate surface area is 192 Å². The Morgan fingerprint density at radius 1 is 1.06 bits per heavy atom. The van der Waals surface area contributed by atoms with Crippen LogP contribution in [0.3, 0.4) is 0 Å². The Hall–Kier alpha value is -4.11. The van der Waals surface area contributed by atoms with Gasteiger partial charge in [0.2, 0.25) is 5.91 Å². The second-order valence-electron chi connectivity index (χ2n) is 7.61. The molecule has 9 heteroatoms. The zero-order chi connectivity index (χ0) is 22.8. The maximum atomic E-state index is 12.7. The number of carbonyl (C=O) groups excluding carboxylic acids is 2. The van der Waals surface area contributed by atoms with Gasteiger partial charge in [-0.1, -0.05) is 36.4 Å². The monoisotopic (exact) mass is 457 g/mol. The average Bonchev–Trinajstić information content (AvgIpc) is 3.29. The normalized spacial score (nSPS) is 12.7. The highest BCUT2D eigenvalue weighted by atomic mass is 32.1. The predicted octanol–water partition coefficient (Wildman–Crippen LogP) is 3.55. The summed E-state index contributed by atoms with van der Waals surface area (Å²) in [7, 11) is 0. The van der Waals surface area contributed by atoms with Crippen molar-refractivity contribution >= 4 is 34.0 Å². The van der Waals surface area contributed by atoms with Crippen molar-refractivity contribution in [2.45, 2.75) is 19.4 Å². The third-order valence-corrected chi connectivity index (χ3v) is 6.05. The van der Waals surface area contributed by atoms with Crippen molar-refractivity contribution < 1.29 is 9.59 Å². The van der Waals surface area contributed by atoms with Gasteiger partial charge >= 0.3 is 0 Å². The Bertz CT molecular complexity index is 1410. The van der Waals surface area contributed by atoms with E-state index in [1.807, 2.05) is 53.9 Å². The number of amides is 2. The topological polar surface area (TPSA) is 106 Å². The molecule has 3 heterocycles. The number of hydrogen-bond donors (Lipinski definition) is 2. The standard InChI is InChI=1S/C24H19N5O3S/c30-21-10-7-16-12-17(6-8-18(16)25-21)20-14-33-24(26-20)27-23(32)19-9-11-22(31)29(28-19)13-15-4-2-1-3-5-15/h1-6,8-9,11-12,14H,7,10,13H2,(H,25,30)(H,26,27,32). The first-order chi connectivity index (χ1) is 16.0. The minimum Gasteiger partial charge on any atom is -0.326 e. The van der Waals surface area contributed by atoms with Gasteiger partial charge in [0, 0.05) is 29.1 Å². The molecule has 2 N–H and O–H groups in total. The number of carbonyl (C=O) groups is 2. The van der Waals surface area contributed by atoms with Crippen molar-refractivity contribution in [3.8, 4) is 11.3 Å². The molecule has 0 radical (unpaired) electrons. The molecule has 164 valence electrons. The van der Waals surface area contributed by atoms with Crippen LogP contribution in [0.1, 0.15) is 28.0 Å². The van der Waals surface area contributed by atoms with E-state index in [1.165, 1.54) is 28.2 Å². The summed E-state index contributed by atoms with van der Waals surface area (Å²) < 4.78 is 1.27. The summed E-state index contributed by atoms with van der Waals surface area (Å²) in [5, 5.41) is 12.1. The molecule has 8 nitrogen and oxygen atoms in total. The lowest BCUT2D eigenvalue weighted by molar-refractivity contribution is -0.116. The molecule has 0 bridgehead atoms. The molecular formula is C24H19N5O3S. The fourth-order valence-electron chi connectivity index (χ4n) is 3.61. The first-order valence-corrected chi connectivity index (χ1v) is 11.3. The highest BCUT2D eigenvalue weighted by molar-refractivity contribution is 7.14. The van der Waals surface area contributed by atoms with E-state index in [0.717, 1.165) is 28.1 Å². The second-order valence-corrected chi connectivity index (χ2v) is 8.47. The van der Waals surface area contributed by atoms with Gasteiger partial charge in [-0.25, -0.2) is 9.67 Å². The van der Waals surface area contributed by atoms with Crippen molar-refractivity contribution in [2.75, 3.05) is 10.6 Å². The van der Waals surface area contributed by atoms with Crippen LogP contribution in [0.5, 0.6) is 0 Å². The number of thiazole rings is 1. The van der Waals surface area contributed by atoms with Gasteiger partial charge in [-0.2, -0.15) is 5.10 Å². The molecule has 0 atom stereocenters. The first kappa shape index (κ1) is 20.8. The third-order valence-electron chi connectivity index (χ3n) is 5.30. The van der Waals surface area contributed by atoms with Crippen molar-refractivity contribution in [3.63, 3.8) is 0 Å². The van der Waals surface area contributed by atoms with Gasteiger partial charge in [0.15, 0.2) is 5.13 Å². The average molecular weight is 458 g/mol. The number of hydrogen-bond acceptors (Lipinski definition) is 6. The van der Waals surface area contributed by atoms with Crippen LogP contribution in [0.4, 0.5) is 10.8 Å². The number of anilines is 2. The molecule has 0 unspecified atom stereocenters. The Morgan fingerprint density at radius 3 is 2.76 bits per heavy atom. The van der Waals surface area contributed by atoms with Gasteiger partial charge in [-0.05, 0) is 35.7 Å². The molecule has 33 heavy (non-hydrogen) atoms. The van der Waals surface area contributed by atoms with Crippen LogP contribution in [0, 0.1) is 0 Å². The Balaban J connectivity index is 1.32. The summed E-state index contributed by atoms with van der Waals surface area (Å²) in [4.78, 5) is 41.0. The highest BCUT2D eigenvalue weighted by Crippen LogP contribution is 2.30. The smallest absolute Gasteiger partial charge is 0.277 e. The van der Waals surface area contributed by atoms with Gasteiger partial charge in [-0.3, -0.25) is 19.7 Å². The van der Waals surface area contributed by atoms with Gasteiger partial charge in [-0.15, -0.1) is 11.3 Å². The largest absolute Gasteiger partial charge is 0.326 e. The zero-order valence-electron chi connectivity index (χ0n) is 17.4. The number of benzene rings is 2. The maximum absolute atomic E-state index is 12.7. The van der Waals surface area contributed by atoms with Crippen molar-refractivity contribution in [3.05, 3.63) is 93.2 Å². The summed E-state index contributed by atoms with van der Waals surface area (Å²) >= 11 is 1.31. The minimum atomic E-state index is -0.439. The third kappa shape index (κ3) is 4.58. The van der Waals surface area contributed by atoms with Gasteiger partial charge < -0.3 is 5.32 Å². The lowest BCUT2D eigenvalue weighted by Gasteiger charge is -2.17. The summed E-state index contributed by atoms with van der Waals surface area (Å²) in [5.41, 5.74) is 4.31. The molecular weight excluding hydrogens is 438 g/mol. The molecule has 0 spiro atoms. The molecule has 1 aliphatic rings. The number of nitrogens with zero attached hydrogens (tertiary/aromatic N) is 3. The molecule has 4 aromatic rings. The molecule has 2 aromatic heterocycles. The molecule has 2 amide bonds. The van der Waals surface area contributed by atoms with Crippen LogP contribution in [0.25, 0.3) is 11.3 Å². The van der Waals surface area contributed by atoms with Crippen LogP contribution in [-0.4, -0.2) is 26.6 Å². The van der Waals surface area contributed by atoms with E-state index in [-0.39, 0.29) is 23.7 Å². The lowest BCUT2D eigenvalue weighted by atomic mass is 9.99. The van der Waals surface area contributed by atoms with Gasteiger partial charge in [0.1, 0.15) is 5.69 Å². The quantitative estimate of drug-likeness (QED) is 0.477. The maximum Gasteiger partial charge on any atom is 0.277 e. The van der Waals surface area contributed by atoms with Crippen molar-refractivity contribution in [1.82, 2.24) is 14.8 Å². The SMILES string of the molecule is O=C1CCc2cc(-c3csc(NC(=O)c4ccc(=O)n(Cc5ccccc5)n4)n3)ccc2N1. The number of aromatic nitrogens is 3. The van der Waals surface area contributed by atoms with E-state index >= 15 is 0 Å². The van der Waals surface area contributed by atoms with E-state index in [0.29, 0.717) is 18.0 Å². The van der Waals surface area contributed by atoms with Gasteiger partial charge in [0.05, 0.1) is 12.2 Å². The number of fused-ring (bicyclic) bond motifs is 1. The van der Waals surface area contributed by atoms with E-state index in [2.05, 4.69) is 20.7 Å². The minimum absolute atomic E-state index is 0.0256. The van der Waals surface area contributed by atoms with Crippen LogP contribution in [0.2, 0.25) is 0 Å². The van der Waals surface area contributed by atoms with Gasteiger partial charge in [0.25, 0.3) is 11.5 Å². The van der Waals surface area contributed by atoms with Crippen molar-refractivity contribution in [1.29, 1.82) is 0 Å². The highest BCUT2D eigenvalue weighted by Gasteiger charge is 2.17. The second kappa shape index (κ2) is 8.79. The summed E-state index contributed by atoms with van der Waals surface area (Å²) in [6.45, 7) is 0.279. The number of aryl methyl sites for hydroxylation is 1. The van der Waals surface area contributed by atoms with Crippen molar-refractivity contribution in [2.24, 2.45) is 0 Å². The van der Waals surface area contributed by atoms with E-state index in [1.54, 1.807) is 0 Å².